The van der Waals surface area contributed by atoms with Gasteiger partial charge in [-0.15, -0.1) is 0 Å². The maximum Gasteiger partial charge on any atom is 0.225 e. The molecule has 2 heterocycles. The molecule has 0 aliphatic carbocycles. The van der Waals surface area contributed by atoms with Gasteiger partial charge in [0.2, 0.25) is 5.91 Å². The average Bonchev–Trinajstić information content (AvgIpc) is 2.92. The molecular weight excluding hydrogens is 438 g/mol. The summed E-state index contributed by atoms with van der Waals surface area (Å²) in [6, 6.07) is 24.9. The fourth-order valence-electron chi connectivity index (χ4n) is 5.34. The van der Waals surface area contributed by atoms with E-state index < -0.39 is 0 Å². The van der Waals surface area contributed by atoms with Gasteiger partial charge in [0.05, 0.1) is 26.2 Å². The molecule has 1 saturated heterocycles. The van der Waals surface area contributed by atoms with Gasteiger partial charge in [-0.1, -0.05) is 30.3 Å². The van der Waals surface area contributed by atoms with E-state index in [0.29, 0.717) is 6.54 Å². The molecule has 1 N–H and O–H groups in total. The summed E-state index contributed by atoms with van der Waals surface area (Å²) in [6.45, 7) is 3.25. The molecule has 3 aromatic rings. The van der Waals surface area contributed by atoms with Crippen LogP contribution in [-0.4, -0.2) is 52.3 Å². The zero-order chi connectivity index (χ0) is 24.2. The summed E-state index contributed by atoms with van der Waals surface area (Å²) >= 11 is 0. The normalized spacial score (nSPS) is 18.9. The van der Waals surface area contributed by atoms with Crippen molar-refractivity contribution in [2.45, 2.75) is 18.9 Å². The van der Waals surface area contributed by atoms with E-state index in [0.717, 1.165) is 44.0 Å². The Morgan fingerprint density at radius 3 is 2.31 bits per heavy atom. The Hall–Kier alpha value is -3.67. The Kier molecular flexibility index (Phi) is 6.80. The largest absolute Gasteiger partial charge is 0.497 e. The number of ether oxygens (including phenoxy) is 2. The number of hydrogen-bond donors (Lipinski definition) is 1. The van der Waals surface area contributed by atoms with Gasteiger partial charge in [0.25, 0.3) is 0 Å². The van der Waals surface area contributed by atoms with Crippen molar-refractivity contribution in [3.05, 3.63) is 83.9 Å². The molecule has 0 spiro atoms. The summed E-state index contributed by atoms with van der Waals surface area (Å²) in [5.74, 6) is 1.74. The van der Waals surface area contributed by atoms with E-state index in [4.69, 9.17) is 9.47 Å². The summed E-state index contributed by atoms with van der Waals surface area (Å²) in [5, 5.41) is 3.23. The van der Waals surface area contributed by atoms with Crippen molar-refractivity contribution >= 4 is 17.3 Å². The summed E-state index contributed by atoms with van der Waals surface area (Å²) < 4.78 is 10.6. The molecule has 2 atom stereocenters. The molecule has 2 aliphatic rings. The number of nitrogens with one attached hydrogen (secondary N) is 1. The first-order valence-corrected chi connectivity index (χ1v) is 12.3. The number of amides is 1. The van der Waals surface area contributed by atoms with Crippen LogP contribution in [0, 0.1) is 5.92 Å². The van der Waals surface area contributed by atoms with Crippen LogP contribution in [0.4, 0.5) is 11.4 Å². The Morgan fingerprint density at radius 2 is 1.60 bits per heavy atom. The molecular formula is C29H33N3O3. The van der Waals surface area contributed by atoms with Crippen LogP contribution in [0.25, 0.3) is 0 Å². The van der Waals surface area contributed by atoms with Gasteiger partial charge in [0.15, 0.2) is 0 Å². The maximum atomic E-state index is 13.5. The van der Waals surface area contributed by atoms with Crippen LogP contribution in [0.2, 0.25) is 0 Å². The molecule has 0 radical (unpaired) electrons. The van der Waals surface area contributed by atoms with Crippen molar-refractivity contribution in [1.29, 1.82) is 0 Å². The van der Waals surface area contributed by atoms with Crippen LogP contribution in [0.1, 0.15) is 11.1 Å². The second kappa shape index (κ2) is 10.3. The highest BCUT2D eigenvalue weighted by atomic mass is 16.5. The summed E-state index contributed by atoms with van der Waals surface area (Å²) in [7, 11) is 3.35. The number of fused-ring (bicyclic) bond motifs is 3. The summed E-state index contributed by atoms with van der Waals surface area (Å²) in [5.41, 5.74) is 4.89. The summed E-state index contributed by atoms with van der Waals surface area (Å²) in [6.07, 6.45) is 1.56. The Bertz CT molecular complexity index is 1150. The number of anilines is 2. The minimum atomic E-state index is -0.0955. The molecule has 0 bridgehead atoms. The Morgan fingerprint density at radius 1 is 0.914 bits per heavy atom. The van der Waals surface area contributed by atoms with E-state index in [9.17, 15) is 4.79 Å². The fraction of sp³-hybridized carbons (Fsp3) is 0.345. The predicted molar refractivity (Wildman–Crippen MR) is 140 cm³/mol. The van der Waals surface area contributed by atoms with E-state index in [2.05, 4.69) is 63.6 Å². The van der Waals surface area contributed by atoms with E-state index in [1.54, 1.807) is 14.2 Å². The van der Waals surface area contributed by atoms with Crippen molar-refractivity contribution < 1.29 is 14.3 Å². The smallest absolute Gasteiger partial charge is 0.225 e. The maximum absolute atomic E-state index is 13.5. The van der Waals surface area contributed by atoms with Crippen LogP contribution >= 0.6 is 0 Å². The first kappa shape index (κ1) is 23.1. The van der Waals surface area contributed by atoms with Gasteiger partial charge >= 0.3 is 0 Å². The average molecular weight is 472 g/mol. The van der Waals surface area contributed by atoms with Gasteiger partial charge in [0, 0.05) is 37.6 Å². The number of nitrogens with zero attached hydrogens (tertiary/aromatic N) is 2. The van der Waals surface area contributed by atoms with Gasteiger partial charge in [-0.25, -0.2) is 0 Å². The van der Waals surface area contributed by atoms with Gasteiger partial charge in [-0.05, 0) is 66.4 Å². The number of hydrogen-bond acceptors (Lipinski definition) is 5. The highest BCUT2D eigenvalue weighted by Gasteiger charge is 2.41. The Labute approximate surface area is 207 Å². The monoisotopic (exact) mass is 471 g/mol. The number of carbonyl (C=O) groups excluding carboxylic acids is 1. The van der Waals surface area contributed by atoms with Crippen molar-refractivity contribution in [3.8, 4) is 11.5 Å². The van der Waals surface area contributed by atoms with Crippen molar-refractivity contribution in [1.82, 2.24) is 5.32 Å². The zero-order valence-corrected chi connectivity index (χ0v) is 20.4. The lowest BCUT2D eigenvalue weighted by Gasteiger charge is -2.49. The van der Waals surface area contributed by atoms with Crippen LogP contribution in [0.3, 0.4) is 0 Å². The third-order valence-electron chi connectivity index (χ3n) is 7.27. The first-order chi connectivity index (χ1) is 17.2. The molecule has 0 aromatic heterocycles. The molecule has 3 aromatic carbocycles. The molecule has 6 heteroatoms. The predicted octanol–water partition coefficient (Wildman–Crippen LogP) is 3.93. The zero-order valence-electron chi connectivity index (χ0n) is 20.4. The number of rotatable bonds is 7. The number of carbonyl (C=O) groups is 1. The second-order valence-corrected chi connectivity index (χ2v) is 9.23. The topological polar surface area (TPSA) is 54.0 Å². The number of piperazine rings is 1. The molecule has 5 rings (SSSR count). The molecule has 35 heavy (non-hydrogen) atoms. The molecule has 0 saturated carbocycles. The number of para-hydroxylation sites is 1. The number of methoxy groups -OCH3 is 2. The molecule has 182 valence electrons. The third-order valence-corrected chi connectivity index (χ3v) is 7.27. The highest BCUT2D eigenvalue weighted by molar-refractivity contribution is 5.82. The first-order valence-electron chi connectivity index (χ1n) is 12.3. The van der Waals surface area contributed by atoms with E-state index in [-0.39, 0.29) is 17.9 Å². The lowest BCUT2D eigenvalue weighted by Crippen LogP contribution is -2.61. The van der Waals surface area contributed by atoms with Crippen LogP contribution in [-0.2, 0) is 17.6 Å². The lowest BCUT2D eigenvalue weighted by atomic mass is 9.83. The van der Waals surface area contributed by atoms with Gasteiger partial charge in [-0.2, -0.15) is 0 Å². The van der Waals surface area contributed by atoms with Gasteiger partial charge in [0.1, 0.15) is 11.5 Å². The lowest BCUT2D eigenvalue weighted by molar-refractivity contribution is -0.125. The SMILES string of the molecule is COc1ccc(CCNC(=O)[C@H]2Cc3ccccc3N3CCN(c4ccc(OC)cc4)C[C@@H]23)cc1. The highest BCUT2D eigenvalue weighted by Crippen LogP contribution is 2.37. The van der Waals surface area contributed by atoms with Crippen LogP contribution in [0.5, 0.6) is 11.5 Å². The third kappa shape index (κ3) is 4.92. The second-order valence-electron chi connectivity index (χ2n) is 9.23. The van der Waals surface area contributed by atoms with E-state index in [1.807, 2.05) is 24.3 Å². The van der Waals surface area contributed by atoms with Crippen LogP contribution in [0.15, 0.2) is 72.8 Å². The number of benzene rings is 3. The van der Waals surface area contributed by atoms with Crippen molar-refractivity contribution in [2.75, 3.05) is 50.2 Å². The van der Waals surface area contributed by atoms with E-state index in [1.165, 1.54) is 22.5 Å². The fourth-order valence-corrected chi connectivity index (χ4v) is 5.34. The standard InChI is InChI=1S/C29H33N3O3/c1-34-24-11-7-21(8-12-24)15-16-30-29(33)26-19-22-5-3-4-6-27(22)32-18-17-31(20-28(26)32)23-9-13-25(35-2)14-10-23/h3-14,26,28H,15-20H2,1-2H3,(H,30,33)/t26-,28-/m0/s1. The molecule has 1 fully saturated rings. The minimum Gasteiger partial charge on any atom is -0.497 e. The van der Waals surface area contributed by atoms with Crippen molar-refractivity contribution in [3.63, 3.8) is 0 Å². The molecule has 2 aliphatic heterocycles. The minimum absolute atomic E-state index is 0.0955. The Balaban J connectivity index is 1.30. The van der Waals surface area contributed by atoms with Crippen molar-refractivity contribution in [2.24, 2.45) is 5.92 Å². The molecule has 0 unspecified atom stereocenters. The van der Waals surface area contributed by atoms with Gasteiger partial charge in [-0.3, -0.25) is 4.79 Å². The molecule has 6 nitrogen and oxygen atoms in total. The quantitative estimate of drug-likeness (QED) is 0.566. The van der Waals surface area contributed by atoms with Gasteiger partial charge < -0.3 is 24.6 Å². The van der Waals surface area contributed by atoms with E-state index >= 15 is 0 Å². The van der Waals surface area contributed by atoms with Crippen LogP contribution < -0.4 is 24.6 Å². The molecule has 1 amide bonds. The summed E-state index contributed by atoms with van der Waals surface area (Å²) in [4.78, 5) is 18.3.